The quantitative estimate of drug-likeness (QED) is 0.0107. The van der Waals surface area contributed by atoms with Crippen LogP contribution in [0.15, 0.2) is 158 Å². The Morgan fingerprint density at radius 1 is 0.510 bits per heavy atom. The van der Waals surface area contributed by atoms with E-state index in [-0.39, 0.29) is 71.3 Å². The predicted molar refractivity (Wildman–Crippen MR) is 403 cm³/mol. The van der Waals surface area contributed by atoms with E-state index >= 15 is 0 Å². The Labute approximate surface area is 603 Å². The summed E-state index contributed by atoms with van der Waals surface area (Å²) in [4.78, 5) is 58.0. The summed E-state index contributed by atoms with van der Waals surface area (Å²) in [7, 11) is 5.52. The van der Waals surface area contributed by atoms with Crippen LogP contribution in [0.1, 0.15) is 152 Å². The number of unbranched alkanes of at least 4 members (excludes halogenated alkanes) is 4. The molecule has 540 valence electrons. The van der Waals surface area contributed by atoms with E-state index in [9.17, 15) is 19.2 Å². The van der Waals surface area contributed by atoms with Gasteiger partial charge in [0.1, 0.15) is 34.1 Å². The monoisotopic (exact) mass is 1420 g/mol. The number of hydrogen-bond donors (Lipinski definition) is 5. The molecule has 4 aliphatic rings. The van der Waals surface area contributed by atoms with Crippen molar-refractivity contribution < 1.29 is 52.3 Å². The first-order chi connectivity index (χ1) is 48.5. The lowest BCUT2D eigenvalue weighted by Gasteiger charge is -2.45. The zero-order valence-electron chi connectivity index (χ0n) is 60.1. The van der Waals surface area contributed by atoms with Crippen LogP contribution in [0.2, 0.25) is 0 Å². The lowest BCUT2D eigenvalue weighted by atomic mass is 9.74. The number of urea groups is 2. The number of nitrogens with one attached hydrogen (secondary N) is 4. The summed E-state index contributed by atoms with van der Waals surface area (Å²) in [5.41, 5.74) is 4.04. The van der Waals surface area contributed by atoms with Gasteiger partial charge in [0.05, 0.1) is 65.3 Å². The standard InChI is InChI=1S/C44H63N4O6PS.C35H43N3O5S/c1-31(2)48(32(3)4)55(54-33(5)6)53-29-14-10-13-28-45-41(49)19-15-18-40-42-39(30-56-40)47(43(50)46-42)44(34-16-11-9-12-17-34,35-20-24-37(51-7)25-21-35)36-22-26-38(52-8)27-23-36;1-42-28-18-14-26(15-19-28)35(25-10-5-3-6-11-25,27-16-20-29(43-2)21-17-27)38-30-24-44-31(33(30)37-34(38)41)12-9-13-32(40)36-22-7-4-8-23-39/h9,11-12,16-17,20-27,31-33,39-40,42H,10,13-15,18-19,28-30H2,1-8H3,(H,45,49)(H,46,50);3,5-6,10-11,14-21,30-31,33,39H,4,7-9,12-13,22-24H2,1-2H3,(H,36,40)(H,37,41). The van der Waals surface area contributed by atoms with E-state index in [1.807, 2.05) is 108 Å². The number of aliphatic hydroxyl groups is 1. The zero-order chi connectivity index (χ0) is 71.2. The number of ether oxygens (including phenoxy) is 4. The van der Waals surface area contributed by atoms with E-state index in [4.69, 9.17) is 33.1 Å². The van der Waals surface area contributed by atoms with Crippen molar-refractivity contribution in [3.63, 3.8) is 0 Å². The van der Waals surface area contributed by atoms with Crippen molar-refractivity contribution in [2.75, 3.05) is 66.2 Å². The molecule has 6 aromatic rings. The third kappa shape index (κ3) is 18.4. The third-order valence-corrected chi connectivity index (χ3v) is 24.5. The fraction of sp³-hybridized carbons (Fsp3) is 0.494. The van der Waals surface area contributed by atoms with Gasteiger partial charge < -0.3 is 64.2 Å². The normalized spacial score (nSPS) is 19.1. The number of aliphatic hydroxyl groups excluding tert-OH is 1. The molecule has 0 bridgehead atoms. The molecule has 4 fully saturated rings. The Morgan fingerprint density at radius 2 is 0.860 bits per heavy atom. The molecule has 21 heteroatoms. The van der Waals surface area contributed by atoms with E-state index in [1.165, 1.54) is 0 Å². The van der Waals surface area contributed by atoms with Crippen LogP contribution in [0.4, 0.5) is 9.59 Å². The molecular weight excluding hydrogens is 1320 g/mol. The van der Waals surface area contributed by atoms with Gasteiger partial charge in [-0.1, -0.05) is 109 Å². The summed E-state index contributed by atoms with van der Waals surface area (Å²) in [5.74, 6) is 4.74. The summed E-state index contributed by atoms with van der Waals surface area (Å²) >= 11 is 3.77. The Hall–Kier alpha value is -7.03. The van der Waals surface area contributed by atoms with Crippen molar-refractivity contribution in [3.8, 4) is 23.0 Å². The zero-order valence-corrected chi connectivity index (χ0v) is 62.6. The molecule has 100 heavy (non-hydrogen) atoms. The summed E-state index contributed by atoms with van der Waals surface area (Å²) in [6.45, 7) is 15.0. The van der Waals surface area contributed by atoms with Crippen molar-refractivity contribution in [2.24, 2.45) is 0 Å². The highest BCUT2D eigenvalue weighted by Gasteiger charge is 2.59. The van der Waals surface area contributed by atoms with Crippen molar-refractivity contribution in [3.05, 3.63) is 191 Å². The van der Waals surface area contributed by atoms with E-state index in [1.54, 1.807) is 28.4 Å². The highest BCUT2D eigenvalue weighted by molar-refractivity contribution is 8.00. The van der Waals surface area contributed by atoms with Gasteiger partial charge in [0.2, 0.25) is 11.8 Å². The van der Waals surface area contributed by atoms with Gasteiger partial charge in [-0.05, 0) is 188 Å². The van der Waals surface area contributed by atoms with Crippen LogP contribution in [0.3, 0.4) is 0 Å². The van der Waals surface area contributed by atoms with Crippen LogP contribution in [0.5, 0.6) is 23.0 Å². The molecule has 7 atom stereocenters. The number of hydrogen-bond acceptors (Lipinski definition) is 14. The topological polar surface area (TPSA) is 202 Å². The molecule has 4 saturated heterocycles. The molecule has 0 radical (unpaired) electrons. The molecule has 0 aliphatic carbocycles. The molecule has 10 rings (SSSR count). The largest absolute Gasteiger partial charge is 0.497 e. The van der Waals surface area contributed by atoms with E-state index in [0.29, 0.717) is 44.6 Å². The van der Waals surface area contributed by atoms with Crippen LogP contribution in [-0.2, 0) is 29.7 Å². The fourth-order valence-corrected chi connectivity index (χ4v) is 19.5. The second-order valence-electron chi connectivity index (χ2n) is 26.8. The number of amides is 6. The Balaban J connectivity index is 0.000000240. The van der Waals surface area contributed by atoms with Crippen molar-refractivity contribution in [1.82, 2.24) is 35.7 Å². The van der Waals surface area contributed by atoms with Crippen molar-refractivity contribution >= 4 is 55.9 Å². The molecular formula is C79H106N7O11PS2. The molecule has 7 unspecified atom stereocenters. The molecule has 0 aromatic heterocycles. The van der Waals surface area contributed by atoms with Gasteiger partial charge in [0.15, 0.2) is 0 Å². The molecule has 4 heterocycles. The van der Waals surface area contributed by atoms with Crippen LogP contribution < -0.4 is 40.2 Å². The first kappa shape index (κ1) is 77.1. The van der Waals surface area contributed by atoms with E-state index in [2.05, 4.69) is 150 Å². The molecule has 18 nitrogen and oxygen atoms in total. The predicted octanol–water partition coefficient (Wildman–Crippen LogP) is 14.4. The molecule has 6 amide bonds. The maximum atomic E-state index is 14.4. The molecule has 0 spiro atoms. The van der Waals surface area contributed by atoms with E-state index in [0.717, 1.165) is 132 Å². The minimum absolute atomic E-state index is 0.0337. The van der Waals surface area contributed by atoms with Gasteiger partial charge in [0, 0.05) is 66.6 Å². The van der Waals surface area contributed by atoms with Gasteiger partial charge in [-0.15, -0.1) is 0 Å². The molecule has 6 aromatic carbocycles. The van der Waals surface area contributed by atoms with Gasteiger partial charge >= 0.3 is 12.1 Å². The lowest BCUT2D eigenvalue weighted by molar-refractivity contribution is -0.122. The first-order valence-corrected chi connectivity index (χ1v) is 38.9. The number of rotatable bonds is 37. The lowest BCUT2D eigenvalue weighted by Crippen LogP contribution is -2.53. The third-order valence-electron chi connectivity index (χ3n) is 19.2. The number of carbonyl (C=O) groups excluding carboxylic acids is 4. The van der Waals surface area contributed by atoms with Crippen molar-refractivity contribution in [1.29, 1.82) is 0 Å². The van der Waals surface area contributed by atoms with Crippen LogP contribution in [-0.4, -0.2) is 163 Å². The maximum Gasteiger partial charge on any atom is 0.319 e. The van der Waals surface area contributed by atoms with Gasteiger partial charge in [-0.25, -0.2) is 14.3 Å². The van der Waals surface area contributed by atoms with Crippen molar-refractivity contribution in [2.45, 2.75) is 183 Å². The number of thioether (sulfide) groups is 2. The number of fused-ring (bicyclic) bond motifs is 2. The summed E-state index contributed by atoms with van der Waals surface area (Å²) in [5, 5.41) is 22.2. The summed E-state index contributed by atoms with van der Waals surface area (Å²) < 4.78 is 36.8. The van der Waals surface area contributed by atoms with E-state index < -0.39 is 19.6 Å². The highest BCUT2D eigenvalue weighted by atomic mass is 32.2. The highest BCUT2D eigenvalue weighted by Crippen LogP contribution is 2.53. The second-order valence-corrected chi connectivity index (χ2v) is 30.7. The number of nitrogens with zero attached hydrogens (tertiary/aromatic N) is 3. The van der Waals surface area contributed by atoms with Gasteiger partial charge in [-0.2, -0.15) is 23.5 Å². The van der Waals surface area contributed by atoms with Gasteiger partial charge in [-0.3, -0.25) is 9.59 Å². The number of methoxy groups -OCH3 is 4. The Morgan fingerprint density at radius 3 is 1.19 bits per heavy atom. The SMILES string of the molecule is COc1ccc(C(c2ccccc2)(c2ccc(OC)cc2)N2C(=O)NC3C(CCCC(=O)NCCCCCO)SCC32)cc1.COc1ccc(C(c2ccccc2)(c2ccc(OC)cc2)N2C(=O)NC3C(CCCC(=O)NCCCCCOP(OC(C)C)N(C(C)C)C(C)C)SCC32)cc1. The molecule has 5 N–H and O–H groups in total. The summed E-state index contributed by atoms with van der Waals surface area (Å²) in [6, 6.07) is 52.9. The summed E-state index contributed by atoms with van der Waals surface area (Å²) in [6.07, 6.45) is 9.63. The first-order valence-electron chi connectivity index (χ1n) is 35.7. The van der Waals surface area contributed by atoms with Crippen LogP contribution in [0, 0.1) is 0 Å². The smallest absolute Gasteiger partial charge is 0.319 e. The van der Waals surface area contributed by atoms with Crippen LogP contribution >= 0.6 is 32.0 Å². The molecule has 4 aliphatic heterocycles. The van der Waals surface area contributed by atoms with Crippen LogP contribution in [0.25, 0.3) is 0 Å². The Bertz CT molecular complexity index is 3390. The minimum Gasteiger partial charge on any atom is -0.497 e. The fourth-order valence-electron chi connectivity index (χ4n) is 14.6. The maximum absolute atomic E-state index is 14.4. The van der Waals surface area contributed by atoms with Gasteiger partial charge in [0.25, 0.3) is 8.53 Å². The number of benzene rings is 6. The molecule has 0 saturated carbocycles. The Kier molecular flexibility index (Phi) is 29.1. The average molecular weight is 1420 g/mol. The second kappa shape index (κ2) is 37.8. The number of carbonyl (C=O) groups is 4. The minimum atomic E-state index is -1.11. The average Bonchev–Trinajstić information content (AvgIpc) is 1.45.